The average molecular weight is 370 g/mol. The van der Waals surface area contributed by atoms with Crippen molar-refractivity contribution in [2.24, 2.45) is 0 Å². The molecule has 0 aromatic heterocycles. The number of rotatable bonds is 3. The molecule has 1 heterocycles. The zero-order valence-electron chi connectivity index (χ0n) is 11.7. The molecule has 1 atom stereocenters. The zero-order chi connectivity index (χ0) is 16.6. The first-order valence-electron chi connectivity index (χ1n) is 6.80. The van der Waals surface area contributed by atoms with Crippen LogP contribution in [0.1, 0.15) is 6.42 Å². The zero-order valence-corrected chi connectivity index (χ0v) is 14.0. The van der Waals surface area contributed by atoms with Crippen molar-refractivity contribution >= 4 is 58.0 Å². The van der Waals surface area contributed by atoms with E-state index in [9.17, 15) is 9.59 Å². The van der Waals surface area contributed by atoms with Crippen LogP contribution in [0.3, 0.4) is 0 Å². The van der Waals surface area contributed by atoms with Gasteiger partial charge in [0, 0.05) is 5.02 Å². The van der Waals surface area contributed by atoms with E-state index in [-0.39, 0.29) is 18.2 Å². The third-order valence-corrected chi connectivity index (χ3v) is 4.55. The maximum atomic E-state index is 12.6. The van der Waals surface area contributed by atoms with E-state index in [4.69, 9.17) is 34.8 Å². The third-order valence-electron chi connectivity index (χ3n) is 3.49. The van der Waals surface area contributed by atoms with E-state index >= 15 is 0 Å². The van der Waals surface area contributed by atoms with Gasteiger partial charge in [0.1, 0.15) is 6.04 Å². The van der Waals surface area contributed by atoms with Crippen molar-refractivity contribution in [2.45, 2.75) is 12.5 Å². The smallest absolute Gasteiger partial charge is 0.256 e. The summed E-state index contributed by atoms with van der Waals surface area (Å²) in [5, 5.41) is 4.13. The molecule has 0 bridgehead atoms. The van der Waals surface area contributed by atoms with Gasteiger partial charge < -0.3 is 5.32 Å². The average Bonchev–Trinajstić information content (AvgIpc) is 2.78. The minimum atomic E-state index is -0.697. The molecular weight excluding hydrogens is 359 g/mol. The summed E-state index contributed by atoms with van der Waals surface area (Å²) in [7, 11) is 0. The summed E-state index contributed by atoms with van der Waals surface area (Å²) in [6, 6.07) is 11.0. The molecule has 2 aromatic rings. The van der Waals surface area contributed by atoms with Crippen molar-refractivity contribution in [2.75, 3.05) is 10.2 Å². The molecule has 1 aliphatic heterocycles. The molecule has 3 rings (SSSR count). The van der Waals surface area contributed by atoms with Crippen LogP contribution < -0.4 is 10.2 Å². The summed E-state index contributed by atoms with van der Waals surface area (Å²) in [6.45, 7) is 0. The highest BCUT2D eigenvalue weighted by Crippen LogP contribution is 2.32. The number of anilines is 2. The van der Waals surface area contributed by atoms with Crippen LogP contribution in [0.25, 0.3) is 0 Å². The topological polar surface area (TPSA) is 49.4 Å². The second-order valence-electron chi connectivity index (χ2n) is 5.05. The van der Waals surface area contributed by atoms with Gasteiger partial charge in [-0.05, 0) is 30.3 Å². The van der Waals surface area contributed by atoms with Crippen molar-refractivity contribution in [3.63, 3.8) is 0 Å². The maximum absolute atomic E-state index is 12.6. The molecule has 4 nitrogen and oxygen atoms in total. The predicted molar refractivity (Wildman–Crippen MR) is 92.4 cm³/mol. The minimum Gasteiger partial charge on any atom is -0.372 e. The highest BCUT2D eigenvalue weighted by molar-refractivity contribution is 6.43. The van der Waals surface area contributed by atoms with Gasteiger partial charge in [0.15, 0.2) is 0 Å². The Morgan fingerprint density at radius 3 is 2.52 bits per heavy atom. The highest BCUT2D eigenvalue weighted by atomic mass is 35.5. The van der Waals surface area contributed by atoms with Crippen molar-refractivity contribution in [3.8, 4) is 0 Å². The molecule has 23 heavy (non-hydrogen) atoms. The van der Waals surface area contributed by atoms with Gasteiger partial charge >= 0.3 is 0 Å². The van der Waals surface area contributed by atoms with Gasteiger partial charge in [0.25, 0.3) is 5.91 Å². The summed E-state index contributed by atoms with van der Waals surface area (Å²) >= 11 is 18.0. The molecule has 1 fully saturated rings. The summed E-state index contributed by atoms with van der Waals surface area (Å²) < 4.78 is 0. The van der Waals surface area contributed by atoms with Crippen LogP contribution in [-0.4, -0.2) is 17.9 Å². The number of amides is 2. The summed E-state index contributed by atoms with van der Waals surface area (Å²) in [4.78, 5) is 25.9. The van der Waals surface area contributed by atoms with Crippen LogP contribution in [0, 0.1) is 0 Å². The number of carbonyl (C=O) groups excluding carboxylic acids is 2. The van der Waals surface area contributed by atoms with E-state index in [0.717, 1.165) is 4.90 Å². The van der Waals surface area contributed by atoms with Gasteiger partial charge in [0.05, 0.1) is 27.8 Å². The SMILES string of the molecule is O=C1C[C@H](Nc2cccc(Cl)c2Cl)C(=O)N1c1cccc(Cl)c1. The molecule has 0 radical (unpaired) electrons. The largest absolute Gasteiger partial charge is 0.372 e. The quantitative estimate of drug-likeness (QED) is 0.816. The molecular formula is C16H11Cl3N2O2. The molecule has 7 heteroatoms. The molecule has 0 unspecified atom stereocenters. The summed E-state index contributed by atoms with van der Waals surface area (Å²) in [5.74, 6) is -0.652. The van der Waals surface area contributed by atoms with E-state index < -0.39 is 6.04 Å². The van der Waals surface area contributed by atoms with Crippen LogP contribution in [0.15, 0.2) is 42.5 Å². The van der Waals surface area contributed by atoms with E-state index in [2.05, 4.69) is 5.32 Å². The van der Waals surface area contributed by atoms with Gasteiger partial charge in [-0.15, -0.1) is 0 Å². The lowest BCUT2D eigenvalue weighted by Gasteiger charge is -2.17. The Labute approximate surface area is 147 Å². The van der Waals surface area contributed by atoms with Crippen LogP contribution in [-0.2, 0) is 9.59 Å². The number of nitrogens with one attached hydrogen (secondary N) is 1. The summed E-state index contributed by atoms with van der Waals surface area (Å²) in [5.41, 5.74) is 0.965. The standard InChI is InChI=1S/C16H11Cl3N2O2/c17-9-3-1-4-10(7-9)21-14(22)8-13(16(21)23)20-12-6-2-5-11(18)15(12)19/h1-7,13,20H,8H2/t13-/m0/s1. The summed E-state index contributed by atoms with van der Waals surface area (Å²) in [6.07, 6.45) is 0.0359. The molecule has 0 spiro atoms. The Morgan fingerprint density at radius 2 is 1.78 bits per heavy atom. The van der Waals surface area contributed by atoms with Gasteiger partial charge in [-0.3, -0.25) is 9.59 Å². The molecule has 2 amide bonds. The van der Waals surface area contributed by atoms with Gasteiger partial charge in [-0.1, -0.05) is 46.9 Å². The minimum absolute atomic E-state index is 0.0359. The van der Waals surface area contributed by atoms with Gasteiger partial charge in [0.2, 0.25) is 5.91 Å². The number of benzene rings is 2. The lowest BCUT2D eigenvalue weighted by molar-refractivity contribution is -0.121. The number of imide groups is 1. The monoisotopic (exact) mass is 368 g/mol. The second-order valence-corrected chi connectivity index (χ2v) is 6.27. The molecule has 0 aliphatic carbocycles. The molecule has 0 saturated carbocycles. The van der Waals surface area contributed by atoms with Crippen LogP contribution in [0.5, 0.6) is 0 Å². The normalized spacial score (nSPS) is 17.7. The second kappa shape index (κ2) is 6.40. The number of halogens is 3. The number of hydrogen-bond acceptors (Lipinski definition) is 3. The van der Waals surface area contributed by atoms with Crippen molar-refractivity contribution in [3.05, 3.63) is 57.5 Å². The number of nitrogens with zero attached hydrogens (tertiary/aromatic N) is 1. The molecule has 1 saturated heterocycles. The maximum Gasteiger partial charge on any atom is 0.256 e. The molecule has 1 N–H and O–H groups in total. The fourth-order valence-electron chi connectivity index (χ4n) is 2.43. The first-order chi connectivity index (χ1) is 11.0. The Balaban J connectivity index is 1.85. The van der Waals surface area contributed by atoms with E-state index in [1.807, 2.05) is 0 Å². The van der Waals surface area contributed by atoms with E-state index in [0.29, 0.717) is 26.4 Å². The van der Waals surface area contributed by atoms with Crippen molar-refractivity contribution < 1.29 is 9.59 Å². The molecule has 2 aromatic carbocycles. The lowest BCUT2D eigenvalue weighted by atomic mass is 10.2. The van der Waals surface area contributed by atoms with E-state index in [1.165, 1.54) is 0 Å². The fourth-order valence-corrected chi connectivity index (χ4v) is 2.97. The Bertz CT molecular complexity index is 795. The van der Waals surface area contributed by atoms with Crippen LogP contribution in [0.4, 0.5) is 11.4 Å². The Hall–Kier alpha value is -1.75. The van der Waals surface area contributed by atoms with Crippen LogP contribution >= 0.6 is 34.8 Å². The van der Waals surface area contributed by atoms with Gasteiger partial charge in [-0.2, -0.15) is 0 Å². The number of hydrogen-bond donors (Lipinski definition) is 1. The third kappa shape index (κ3) is 3.15. The highest BCUT2D eigenvalue weighted by Gasteiger charge is 2.39. The van der Waals surface area contributed by atoms with Crippen LogP contribution in [0.2, 0.25) is 15.1 Å². The van der Waals surface area contributed by atoms with Crippen molar-refractivity contribution in [1.29, 1.82) is 0 Å². The van der Waals surface area contributed by atoms with E-state index in [1.54, 1.807) is 42.5 Å². The fraction of sp³-hybridized carbons (Fsp3) is 0.125. The van der Waals surface area contributed by atoms with Crippen molar-refractivity contribution in [1.82, 2.24) is 0 Å². The lowest BCUT2D eigenvalue weighted by Crippen LogP contribution is -2.34. The first kappa shape index (κ1) is 16.1. The Morgan fingerprint density at radius 1 is 1.04 bits per heavy atom. The predicted octanol–water partition coefficient (Wildman–Crippen LogP) is 4.39. The van der Waals surface area contributed by atoms with Gasteiger partial charge in [-0.25, -0.2) is 4.90 Å². The molecule has 1 aliphatic rings. The molecule has 118 valence electrons. The number of carbonyl (C=O) groups is 2. The first-order valence-corrected chi connectivity index (χ1v) is 7.93. The Kier molecular flexibility index (Phi) is 4.48.